The Morgan fingerprint density at radius 2 is 2.10 bits per heavy atom. The minimum absolute atomic E-state index is 0.595. The van der Waals surface area contributed by atoms with Gasteiger partial charge in [-0.25, -0.2) is 13.2 Å². The van der Waals surface area contributed by atoms with Crippen LogP contribution in [-0.4, -0.2) is 58.5 Å². The third kappa shape index (κ3) is 2.54. The van der Waals surface area contributed by atoms with Gasteiger partial charge in [0.05, 0.1) is 6.61 Å². The first-order valence-corrected chi connectivity index (χ1v) is 7.66. The standard InChI is InChI=1S/C10H14N2O7S/c1-20(17,18)8-7(15)5(4-13)19-9(8)12-3-2-6(14)11-10(12)16/h2-3,5,7-9,13,15H,4H2,1H3,(H,11,14,16)/t5-,7-,8-,9+/m1/s1. The number of H-pyrrole nitrogens is 1. The summed E-state index contributed by atoms with van der Waals surface area (Å²) in [6, 6.07) is 1.03. The number of ether oxygens (including phenoxy) is 1. The van der Waals surface area contributed by atoms with Gasteiger partial charge in [0.2, 0.25) is 0 Å². The van der Waals surface area contributed by atoms with Gasteiger partial charge in [0.25, 0.3) is 5.56 Å². The molecular formula is C10H14N2O7S. The van der Waals surface area contributed by atoms with Gasteiger partial charge in [0.15, 0.2) is 16.1 Å². The minimum Gasteiger partial charge on any atom is -0.394 e. The number of aromatic amines is 1. The molecule has 0 aromatic carbocycles. The van der Waals surface area contributed by atoms with Crippen molar-refractivity contribution in [3.05, 3.63) is 33.1 Å². The lowest BCUT2D eigenvalue weighted by Gasteiger charge is -2.19. The van der Waals surface area contributed by atoms with Crippen LogP contribution in [0.3, 0.4) is 0 Å². The van der Waals surface area contributed by atoms with Crippen molar-refractivity contribution in [2.75, 3.05) is 12.9 Å². The molecular weight excluding hydrogens is 292 g/mol. The second kappa shape index (κ2) is 5.13. The van der Waals surface area contributed by atoms with Gasteiger partial charge >= 0.3 is 5.69 Å². The first-order chi connectivity index (χ1) is 9.25. The van der Waals surface area contributed by atoms with Crippen LogP contribution in [0.2, 0.25) is 0 Å². The maximum atomic E-state index is 11.8. The highest BCUT2D eigenvalue weighted by Gasteiger charge is 2.50. The average molecular weight is 306 g/mol. The van der Waals surface area contributed by atoms with Crippen LogP contribution in [-0.2, 0) is 14.6 Å². The number of nitrogens with one attached hydrogen (secondary N) is 1. The smallest absolute Gasteiger partial charge is 0.330 e. The van der Waals surface area contributed by atoms with E-state index >= 15 is 0 Å². The number of hydrogen-bond donors (Lipinski definition) is 3. The summed E-state index contributed by atoms with van der Waals surface area (Å²) < 4.78 is 29.6. The Kier molecular flexibility index (Phi) is 3.82. The van der Waals surface area contributed by atoms with E-state index in [2.05, 4.69) is 0 Å². The maximum absolute atomic E-state index is 11.8. The van der Waals surface area contributed by atoms with E-state index in [-0.39, 0.29) is 0 Å². The Morgan fingerprint density at radius 3 is 2.60 bits per heavy atom. The van der Waals surface area contributed by atoms with E-state index in [0.717, 1.165) is 23.1 Å². The van der Waals surface area contributed by atoms with Gasteiger partial charge in [-0.05, 0) is 0 Å². The van der Waals surface area contributed by atoms with Gasteiger partial charge in [-0.3, -0.25) is 14.3 Å². The van der Waals surface area contributed by atoms with Crippen molar-refractivity contribution in [2.45, 2.75) is 23.7 Å². The Labute approximate surface area is 113 Å². The Morgan fingerprint density at radius 1 is 1.45 bits per heavy atom. The third-order valence-electron chi connectivity index (χ3n) is 3.11. The molecule has 0 spiro atoms. The molecule has 10 heteroatoms. The molecule has 2 heterocycles. The predicted octanol–water partition coefficient (Wildman–Crippen LogP) is -2.80. The van der Waals surface area contributed by atoms with E-state index < -0.39 is 51.4 Å². The van der Waals surface area contributed by atoms with Gasteiger partial charge in [0, 0.05) is 18.5 Å². The van der Waals surface area contributed by atoms with Crippen LogP contribution in [0, 0.1) is 0 Å². The fourth-order valence-electron chi connectivity index (χ4n) is 2.18. The van der Waals surface area contributed by atoms with E-state index in [4.69, 9.17) is 9.84 Å². The van der Waals surface area contributed by atoms with Crippen molar-refractivity contribution in [1.82, 2.24) is 9.55 Å². The molecule has 1 aromatic rings. The summed E-state index contributed by atoms with van der Waals surface area (Å²) in [4.78, 5) is 24.7. The SMILES string of the molecule is CS(=O)(=O)[C@@H]1[C@H](O)[C@@H](CO)O[C@@H]1n1ccc(=O)[nH]c1=O. The molecule has 3 N–H and O–H groups in total. The number of aliphatic hydroxyl groups excluding tert-OH is 2. The van der Waals surface area contributed by atoms with Crippen LogP contribution in [0.15, 0.2) is 21.9 Å². The zero-order valence-corrected chi connectivity index (χ0v) is 11.3. The van der Waals surface area contributed by atoms with Crippen LogP contribution in [0.1, 0.15) is 6.23 Å². The van der Waals surface area contributed by atoms with Crippen molar-refractivity contribution >= 4 is 9.84 Å². The lowest BCUT2D eigenvalue weighted by Crippen LogP contribution is -2.41. The predicted molar refractivity (Wildman–Crippen MR) is 67.0 cm³/mol. The van der Waals surface area contributed by atoms with Gasteiger partial charge < -0.3 is 14.9 Å². The largest absolute Gasteiger partial charge is 0.394 e. The zero-order valence-electron chi connectivity index (χ0n) is 10.5. The molecule has 0 aliphatic carbocycles. The Hall–Kier alpha value is -1.49. The fraction of sp³-hybridized carbons (Fsp3) is 0.600. The molecule has 1 saturated heterocycles. The normalized spacial score (nSPS) is 30.6. The van der Waals surface area contributed by atoms with E-state index in [9.17, 15) is 23.1 Å². The van der Waals surface area contributed by atoms with Crippen molar-refractivity contribution in [3.63, 3.8) is 0 Å². The van der Waals surface area contributed by atoms with Crippen molar-refractivity contribution in [3.8, 4) is 0 Å². The fourth-order valence-corrected chi connectivity index (χ4v) is 3.48. The highest BCUT2D eigenvalue weighted by atomic mass is 32.2. The molecule has 0 bridgehead atoms. The lowest BCUT2D eigenvalue weighted by molar-refractivity contribution is -0.0457. The average Bonchev–Trinajstić information content (AvgIpc) is 2.65. The Bertz CT molecular complexity index is 707. The molecule has 0 saturated carbocycles. The maximum Gasteiger partial charge on any atom is 0.330 e. The van der Waals surface area contributed by atoms with Crippen molar-refractivity contribution in [2.24, 2.45) is 0 Å². The summed E-state index contributed by atoms with van der Waals surface area (Å²) in [7, 11) is -3.76. The van der Waals surface area contributed by atoms with E-state index in [1.165, 1.54) is 0 Å². The second-order valence-electron chi connectivity index (χ2n) is 4.55. The van der Waals surface area contributed by atoms with Crippen LogP contribution in [0.4, 0.5) is 0 Å². The molecule has 1 fully saturated rings. The first-order valence-electron chi connectivity index (χ1n) is 5.70. The van der Waals surface area contributed by atoms with E-state index in [0.29, 0.717) is 0 Å². The van der Waals surface area contributed by atoms with Crippen LogP contribution >= 0.6 is 0 Å². The number of sulfone groups is 1. The molecule has 0 radical (unpaired) electrons. The molecule has 1 aliphatic heterocycles. The van der Waals surface area contributed by atoms with Gasteiger partial charge in [-0.1, -0.05) is 0 Å². The number of hydrogen-bond acceptors (Lipinski definition) is 7. The summed E-state index contributed by atoms with van der Waals surface area (Å²) in [5.41, 5.74) is -1.50. The number of nitrogens with zero attached hydrogens (tertiary/aromatic N) is 1. The Balaban J connectivity index is 2.53. The van der Waals surface area contributed by atoms with Crippen molar-refractivity contribution in [1.29, 1.82) is 0 Å². The van der Waals surface area contributed by atoms with Crippen LogP contribution < -0.4 is 11.2 Å². The molecule has 4 atom stereocenters. The zero-order chi connectivity index (χ0) is 15.1. The molecule has 2 rings (SSSR count). The molecule has 1 aromatic heterocycles. The first kappa shape index (κ1) is 14.9. The highest BCUT2D eigenvalue weighted by Crippen LogP contribution is 2.32. The summed E-state index contributed by atoms with van der Waals surface area (Å²) in [6.07, 6.45) is -1.94. The van der Waals surface area contributed by atoms with Gasteiger partial charge in [-0.15, -0.1) is 0 Å². The summed E-state index contributed by atoms with van der Waals surface area (Å²) in [5, 5.41) is 17.6. The molecule has 9 nitrogen and oxygen atoms in total. The van der Waals surface area contributed by atoms with E-state index in [1.54, 1.807) is 0 Å². The summed E-state index contributed by atoms with van der Waals surface area (Å²) in [6.45, 7) is -0.595. The molecule has 0 amide bonds. The molecule has 20 heavy (non-hydrogen) atoms. The third-order valence-corrected chi connectivity index (χ3v) is 4.61. The molecule has 1 aliphatic rings. The lowest BCUT2D eigenvalue weighted by atomic mass is 10.2. The second-order valence-corrected chi connectivity index (χ2v) is 6.75. The molecule has 0 unspecified atom stereocenters. The van der Waals surface area contributed by atoms with Crippen LogP contribution in [0.5, 0.6) is 0 Å². The minimum atomic E-state index is -3.76. The number of aliphatic hydroxyl groups is 2. The topological polar surface area (TPSA) is 139 Å². The summed E-state index contributed by atoms with van der Waals surface area (Å²) >= 11 is 0. The molecule has 112 valence electrons. The number of aromatic nitrogens is 2. The van der Waals surface area contributed by atoms with Crippen molar-refractivity contribution < 1.29 is 23.4 Å². The van der Waals surface area contributed by atoms with Gasteiger partial charge in [0.1, 0.15) is 17.5 Å². The monoisotopic (exact) mass is 306 g/mol. The number of rotatable bonds is 3. The van der Waals surface area contributed by atoms with Crippen LogP contribution in [0.25, 0.3) is 0 Å². The quantitative estimate of drug-likeness (QED) is 0.548. The van der Waals surface area contributed by atoms with E-state index in [1.807, 2.05) is 4.98 Å². The summed E-state index contributed by atoms with van der Waals surface area (Å²) in [5.74, 6) is 0. The highest BCUT2D eigenvalue weighted by molar-refractivity contribution is 7.91. The van der Waals surface area contributed by atoms with Gasteiger partial charge in [-0.2, -0.15) is 0 Å².